The summed E-state index contributed by atoms with van der Waals surface area (Å²) in [6.07, 6.45) is 1.47. The summed E-state index contributed by atoms with van der Waals surface area (Å²) in [5.74, 6) is 0.0901. The van der Waals surface area contributed by atoms with Crippen molar-refractivity contribution in [1.82, 2.24) is 4.98 Å². The van der Waals surface area contributed by atoms with Gasteiger partial charge in [0.05, 0.1) is 11.9 Å². The fourth-order valence-electron chi connectivity index (χ4n) is 1.81. The van der Waals surface area contributed by atoms with Gasteiger partial charge in [-0.25, -0.2) is 4.98 Å². The van der Waals surface area contributed by atoms with Crippen LogP contribution in [0.3, 0.4) is 0 Å². The van der Waals surface area contributed by atoms with Gasteiger partial charge < -0.3 is 9.52 Å². The Morgan fingerprint density at radius 2 is 1.77 bits per heavy atom. The van der Waals surface area contributed by atoms with E-state index in [2.05, 4.69) is 41.8 Å². The minimum absolute atomic E-state index is 0.256. The molecular formula is C16H10Br2N2O2. The normalized spacial score (nSPS) is 11.2. The van der Waals surface area contributed by atoms with Gasteiger partial charge in [0.2, 0.25) is 5.89 Å². The lowest BCUT2D eigenvalue weighted by Gasteiger charge is -1.95. The van der Waals surface area contributed by atoms with Gasteiger partial charge in [0.25, 0.3) is 0 Å². The highest BCUT2D eigenvalue weighted by Crippen LogP contribution is 2.28. The molecule has 0 fully saturated rings. The van der Waals surface area contributed by atoms with E-state index in [0.717, 1.165) is 20.2 Å². The van der Waals surface area contributed by atoms with Crippen molar-refractivity contribution in [2.45, 2.75) is 0 Å². The van der Waals surface area contributed by atoms with E-state index in [1.165, 1.54) is 6.21 Å². The molecule has 0 atom stereocenters. The first-order valence-electron chi connectivity index (χ1n) is 6.38. The molecule has 3 rings (SSSR count). The highest BCUT2D eigenvalue weighted by molar-refractivity contribution is 9.10. The average molecular weight is 422 g/mol. The molecule has 4 nitrogen and oxygen atoms in total. The highest BCUT2D eigenvalue weighted by Gasteiger charge is 2.12. The molecule has 0 bridgehead atoms. The van der Waals surface area contributed by atoms with Crippen LogP contribution in [0.4, 0.5) is 5.69 Å². The monoisotopic (exact) mass is 420 g/mol. The fourth-order valence-corrected chi connectivity index (χ4v) is 2.46. The lowest BCUT2D eigenvalue weighted by atomic mass is 10.2. The van der Waals surface area contributed by atoms with E-state index in [4.69, 9.17) is 4.42 Å². The number of oxazole rings is 1. The maximum absolute atomic E-state index is 9.85. The molecule has 0 saturated carbocycles. The van der Waals surface area contributed by atoms with Crippen LogP contribution in [0.1, 0.15) is 5.69 Å². The van der Waals surface area contributed by atoms with Gasteiger partial charge in [0.1, 0.15) is 0 Å². The van der Waals surface area contributed by atoms with Crippen molar-refractivity contribution in [2.75, 3.05) is 0 Å². The molecular weight excluding hydrogens is 412 g/mol. The Bertz CT molecular complexity index is 826. The Morgan fingerprint density at radius 3 is 2.50 bits per heavy atom. The quantitative estimate of drug-likeness (QED) is 0.582. The van der Waals surface area contributed by atoms with E-state index in [1.54, 1.807) is 0 Å². The van der Waals surface area contributed by atoms with E-state index in [1.807, 2.05) is 48.5 Å². The average Bonchev–Trinajstić information content (AvgIpc) is 2.88. The molecule has 22 heavy (non-hydrogen) atoms. The molecule has 0 amide bonds. The SMILES string of the molecule is Oc1oc(-c2ccc(Br)cc2)nc1C=Nc1ccccc1Br. The van der Waals surface area contributed by atoms with Crippen molar-refractivity contribution in [3.8, 4) is 17.4 Å². The number of nitrogens with zero attached hydrogens (tertiary/aromatic N) is 2. The van der Waals surface area contributed by atoms with Crippen molar-refractivity contribution in [3.05, 3.63) is 63.2 Å². The van der Waals surface area contributed by atoms with Crippen molar-refractivity contribution >= 4 is 43.8 Å². The van der Waals surface area contributed by atoms with Gasteiger partial charge in [-0.15, -0.1) is 0 Å². The van der Waals surface area contributed by atoms with Gasteiger partial charge in [-0.2, -0.15) is 0 Å². The van der Waals surface area contributed by atoms with E-state index < -0.39 is 0 Å². The lowest BCUT2D eigenvalue weighted by molar-refractivity contribution is 0.337. The minimum Gasteiger partial charge on any atom is -0.479 e. The third-order valence-electron chi connectivity index (χ3n) is 2.90. The molecule has 0 saturated heterocycles. The number of benzene rings is 2. The maximum atomic E-state index is 9.85. The number of halogens is 2. The lowest BCUT2D eigenvalue weighted by Crippen LogP contribution is -1.83. The molecule has 6 heteroatoms. The third-order valence-corrected chi connectivity index (χ3v) is 4.10. The third kappa shape index (κ3) is 3.28. The van der Waals surface area contributed by atoms with Gasteiger partial charge in [-0.1, -0.05) is 28.1 Å². The van der Waals surface area contributed by atoms with Crippen LogP contribution in [0.5, 0.6) is 5.95 Å². The van der Waals surface area contributed by atoms with Crippen LogP contribution in [-0.4, -0.2) is 16.3 Å². The number of aromatic hydroxyl groups is 1. The van der Waals surface area contributed by atoms with E-state index >= 15 is 0 Å². The van der Waals surface area contributed by atoms with Gasteiger partial charge in [0, 0.05) is 14.5 Å². The summed E-state index contributed by atoms with van der Waals surface area (Å²) in [5, 5.41) is 9.85. The summed E-state index contributed by atoms with van der Waals surface area (Å²) >= 11 is 6.78. The highest BCUT2D eigenvalue weighted by atomic mass is 79.9. The van der Waals surface area contributed by atoms with Crippen molar-refractivity contribution < 1.29 is 9.52 Å². The number of rotatable bonds is 3. The van der Waals surface area contributed by atoms with Crippen LogP contribution in [-0.2, 0) is 0 Å². The van der Waals surface area contributed by atoms with E-state index in [0.29, 0.717) is 5.89 Å². The molecule has 0 aliphatic rings. The summed E-state index contributed by atoms with van der Waals surface area (Å²) < 4.78 is 7.11. The first kappa shape index (κ1) is 15.0. The van der Waals surface area contributed by atoms with E-state index in [-0.39, 0.29) is 11.6 Å². The second-order valence-electron chi connectivity index (χ2n) is 4.43. The Labute approximate surface area is 143 Å². The van der Waals surface area contributed by atoms with E-state index in [9.17, 15) is 5.11 Å². The smallest absolute Gasteiger partial charge is 0.312 e. The first-order valence-corrected chi connectivity index (χ1v) is 7.96. The van der Waals surface area contributed by atoms with Crippen LogP contribution in [0.25, 0.3) is 11.5 Å². The van der Waals surface area contributed by atoms with Crippen molar-refractivity contribution in [1.29, 1.82) is 0 Å². The van der Waals surface area contributed by atoms with Crippen LogP contribution < -0.4 is 0 Å². The molecule has 0 unspecified atom stereocenters. The molecule has 110 valence electrons. The van der Waals surface area contributed by atoms with Crippen molar-refractivity contribution in [2.24, 2.45) is 4.99 Å². The number of para-hydroxylation sites is 1. The zero-order valence-electron chi connectivity index (χ0n) is 11.2. The zero-order chi connectivity index (χ0) is 15.5. The van der Waals surface area contributed by atoms with Crippen molar-refractivity contribution in [3.63, 3.8) is 0 Å². The zero-order valence-corrected chi connectivity index (χ0v) is 14.4. The Morgan fingerprint density at radius 1 is 1.05 bits per heavy atom. The second-order valence-corrected chi connectivity index (χ2v) is 6.20. The molecule has 1 N–H and O–H groups in total. The first-order chi connectivity index (χ1) is 10.6. The number of aliphatic imine (C=N–C) groups is 1. The number of hydrogen-bond acceptors (Lipinski definition) is 4. The molecule has 3 aromatic rings. The topological polar surface area (TPSA) is 58.6 Å². The Hall–Kier alpha value is -1.92. The van der Waals surface area contributed by atoms with Gasteiger partial charge in [0.15, 0.2) is 5.69 Å². The van der Waals surface area contributed by atoms with Gasteiger partial charge >= 0.3 is 5.95 Å². The largest absolute Gasteiger partial charge is 0.479 e. The molecule has 1 aromatic heterocycles. The minimum atomic E-state index is -0.256. The Kier molecular flexibility index (Phi) is 4.40. The summed E-state index contributed by atoms with van der Waals surface area (Å²) in [5.41, 5.74) is 1.81. The molecule has 0 spiro atoms. The number of aromatic nitrogens is 1. The second kappa shape index (κ2) is 6.46. The maximum Gasteiger partial charge on any atom is 0.312 e. The fraction of sp³-hybridized carbons (Fsp3) is 0. The predicted molar refractivity (Wildman–Crippen MR) is 92.7 cm³/mol. The summed E-state index contributed by atoms with van der Waals surface area (Å²) in [6, 6.07) is 15.0. The van der Waals surface area contributed by atoms with Gasteiger partial charge in [-0.3, -0.25) is 4.99 Å². The molecule has 0 radical (unpaired) electrons. The summed E-state index contributed by atoms with van der Waals surface area (Å²) in [6.45, 7) is 0. The standard InChI is InChI=1S/C16H10Br2N2O2/c17-11-7-5-10(6-8-11)15-20-14(16(21)22-15)9-19-13-4-2-1-3-12(13)18/h1-9,21H. The van der Waals surface area contributed by atoms with Crippen LogP contribution >= 0.6 is 31.9 Å². The molecule has 2 aromatic carbocycles. The molecule has 0 aliphatic heterocycles. The summed E-state index contributed by atoms with van der Waals surface area (Å²) in [4.78, 5) is 8.55. The Balaban J connectivity index is 1.90. The predicted octanol–water partition coefficient (Wildman–Crippen LogP) is 5.32. The van der Waals surface area contributed by atoms with Crippen LogP contribution in [0.2, 0.25) is 0 Å². The summed E-state index contributed by atoms with van der Waals surface area (Å²) in [7, 11) is 0. The van der Waals surface area contributed by atoms with Crippen LogP contribution in [0.15, 0.2) is 66.9 Å². The van der Waals surface area contributed by atoms with Crippen LogP contribution in [0, 0.1) is 0 Å². The molecule has 0 aliphatic carbocycles. The van der Waals surface area contributed by atoms with Gasteiger partial charge in [-0.05, 0) is 52.3 Å². The molecule has 1 heterocycles. The number of hydrogen-bond donors (Lipinski definition) is 1.